The topological polar surface area (TPSA) is 72.5 Å². The first-order valence-electron chi connectivity index (χ1n) is 3.57. The van der Waals surface area contributed by atoms with Crippen molar-refractivity contribution in [2.45, 2.75) is 19.3 Å². The Morgan fingerprint density at radius 2 is 1.42 bits per heavy atom. The summed E-state index contributed by atoms with van der Waals surface area (Å²) in [5, 5.41) is 10.6. The third-order valence-electron chi connectivity index (χ3n) is 0.979. The van der Waals surface area contributed by atoms with Crippen LogP contribution >= 0.6 is 0 Å². The van der Waals surface area contributed by atoms with Crippen LogP contribution in [0.5, 0.6) is 0 Å². The van der Waals surface area contributed by atoms with Crippen LogP contribution in [0, 0.1) is 0 Å². The highest BCUT2D eigenvalue weighted by Crippen LogP contribution is 1.92. The van der Waals surface area contributed by atoms with Crippen LogP contribution in [-0.4, -0.2) is 32.3 Å². The van der Waals surface area contributed by atoms with Crippen LogP contribution in [0.25, 0.3) is 0 Å². The molecule has 0 aromatic carbocycles. The molecule has 0 bridgehead atoms. The summed E-state index contributed by atoms with van der Waals surface area (Å²) in [5.74, 6) is 0. The monoisotopic (exact) mass is 175 g/mol. The van der Waals surface area contributed by atoms with Crippen molar-refractivity contribution in [3.05, 3.63) is 0 Å². The van der Waals surface area contributed by atoms with Crippen molar-refractivity contribution in [2.75, 3.05) is 13.2 Å². The molecular weight excluding hydrogens is 164 g/mol. The molecule has 0 aliphatic carbocycles. The fourth-order valence-corrected chi connectivity index (χ4v) is 0.473. The third-order valence-corrected chi connectivity index (χ3v) is 0.979. The summed E-state index contributed by atoms with van der Waals surface area (Å²) in [6.07, 6.45) is 1.65. The highest BCUT2D eigenvalue weighted by Gasteiger charge is 2.04. The molecule has 0 N–H and O–H groups in total. The molecule has 0 atom stereocenters. The molecule has 0 rings (SSSR count). The second-order valence-electron chi connectivity index (χ2n) is 1.94. The number of hydrogen-bond donors (Lipinski definition) is 0. The van der Waals surface area contributed by atoms with Gasteiger partial charge in [0.05, 0.1) is 13.2 Å². The van der Waals surface area contributed by atoms with Crippen molar-refractivity contribution >= 4 is 12.6 Å². The molecule has 0 aromatic rings. The second kappa shape index (κ2) is 8.32. The number of hydrogen-bond acceptors (Lipinski definition) is 4. The van der Waals surface area contributed by atoms with Crippen molar-refractivity contribution in [3.8, 4) is 0 Å². The zero-order valence-corrected chi connectivity index (χ0v) is 6.60. The van der Waals surface area contributed by atoms with Crippen LogP contribution in [0.1, 0.15) is 12.8 Å². The zero-order chi connectivity index (χ0) is 9.23. The van der Waals surface area contributed by atoms with Gasteiger partial charge in [0.2, 0.25) is 0 Å². The van der Waals surface area contributed by atoms with Gasteiger partial charge in [0.25, 0.3) is 0 Å². The number of carbonyl (C=O) groups is 2. The Labute approximate surface area is 70.3 Å². The third kappa shape index (κ3) is 7.33. The van der Waals surface area contributed by atoms with E-state index in [0.717, 1.165) is 0 Å². The number of aldehydes is 2. The Morgan fingerprint density at radius 1 is 1.00 bits per heavy atom. The summed E-state index contributed by atoms with van der Waals surface area (Å²) in [7, 11) is 0. The molecule has 0 fully saturated rings. The maximum Gasteiger partial charge on any atom is 0.301 e. The van der Waals surface area contributed by atoms with Crippen LogP contribution in [0.15, 0.2) is 0 Å². The van der Waals surface area contributed by atoms with Crippen molar-refractivity contribution in [1.82, 2.24) is 0 Å². The van der Waals surface area contributed by atoms with E-state index in [1.807, 2.05) is 0 Å². The molecule has 0 aliphatic rings. The highest BCUT2D eigenvalue weighted by molar-refractivity contribution is 5.49. The fourth-order valence-electron chi connectivity index (χ4n) is 0.473. The normalized spacial score (nSPS) is 10.2. The number of carbonyl (C=O) groups excluding carboxylic acids is 2. The molecule has 0 saturated heterocycles. The lowest BCUT2D eigenvalue weighted by molar-refractivity contribution is -0.291. The first-order valence-corrected chi connectivity index (χ1v) is 3.57. The Morgan fingerprint density at radius 3 is 1.75 bits per heavy atom. The average Bonchev–Trinajstić information content (AvgIpc) is 2.06. The molecule has 12 heavy (non-hydrogen) atoms. The number of rotatable bonds is 8. The van der Waals surface area contributed by atoms with Gasteiger partial charge in [0.1, 0.15) is 12.6 Å². The second-order valence-corrected chi connectivity index (χ2v) is 1.94. The van der Waals surface area contributed by atoms with Crippen molar-refractivity contribution in [2.24, 2.45) is 0 Å². The van der Waals surface area contributed by atoms with Crippen molar-refractivity contribution < 1.29 is 24.2 Å². The molecular formula is C7H11O5. The minimum Gasteiger partial charge on any atom is -0.328 e. The maximum atomic E-state index is 10.6. The van der Waals surface area contributed by atoms with Gasteiger partial charge in [-0.05, 0) is 0 Å². The van der Waals surface area contributed by atoms with E-state index in [9.17, 15) is 14.7 Å². The van der Waals surface area contributed by atoms with Crippen molar-refractivity contribution in [3.63, 3.8) is 0 Å². The van der Waals surface area contributed by atoms with Gasteiger partial charge in [0, 0.05) is 12.8 Å². The van der Waals surface area contributed by atoms with Crippen LogP contribution < -0.4 is 0 Å². The minimum absolute atomic E-state index is 0.0543. The predicted octanol–water partition coefficient (Wildman–Crippen LogP) is -0.0883. The lowest BCUT2D eigenvalue weighted by atomic mass is 10.5. The van der Waals surface area contributed by atoms with Gasteiger partial charge in [-0.25, -0.2) is 0 Å². The van der Waals surface area contributed by atoms with Gasteiger partial charge >= 0.3 is 6.48 Å². The van der Waals surface area contributed by atoms with Gasteiger partial charge in [-0.15, -0.1) is 0 Å². The van der Waals surface area contributed by atoms with Gasteiger partial charge in [0.15, 0.2) is 0 Å². The van der Waals surface area contributed by atoms with Crippen LogP contribution in [0.4, 0.5) is 0 Å². The molecule has 1 radical (unpaired) electrons. The Hall–Kier alpha value is -0.780. The Bertz CT molecular complexity index is 111. The standard InChI is InChI=1S/C7H11O5/c8-3-1-5-11-7(10)12-6-2-4-9/h3-4,7H,1-2,5-6H2. The molecule has 0 aromatic heterocycles. The zero-order valence-electron chi connectivity index (χ0n) is 6.60. The van der Waals surface area contributed by atoms with Gasteiger partial charge < -0.3 is 19.1 Å². The maximum absolute atomic E-state index is 10.6. The summed E-state index contributed by atoms with van der Waals surface area (Å²) in [6.45, 7) is -1.48. The lowest BCUT2D eigenvalue weighted by Crippen LogP contribution is -2.16. The Balaban J connectivity index is 3.14. The molecule has 5 heteroatoms. The fraction of sp³-hybridized carbons (Fsp3) is 0.714. The molecule has 69 valence electrons. The molecule has 0 amide bonds. The van der Waals surface area contributed by atoms with E-state index < -0.39 is 6.48 Å². The first kappa shape index (κ1) is 11.2. The predicted molar refractivity (Wildman–Crippen MR) is 37.7 cm³/mol. The molecule has 0 unspecified atom stereocenters. The summed E-state index contributed by atoms with van der Waals surface area (Å²) in [5.41, 5.74) is 0. The molecule has 0 heterocycles. The molecule has 0 saturated carbocycles. The first-order chi connectivity index (χ1) is 5.81. The van der Waals surface area contributed by atoms with E-state index in [-0.39, 0.29) is 26.1 Å². The Kier molecular flexibility index (Phi) is 7.78. The smallest absolute Gasteiger partial charge is 0.301 e. The lowest BCUT2D eigenvalue weighted by Gasteiger charge is -2.07. The quantitative estimate of drug-likeness (QED) is 0.293. The van der Waals surface area contributed by atoms with Crippen LogP contribution in [-0.2, 0) is 24.2 Å². The minimum atomic E-state index is -1.59. The number of ether oxygens (including phenoxy) is 2. The summed E-state index contributed by atoms with van der Waals surface area (Å²) in [6, 6.07) is 0. The molecule has 0 spiro atoms. The van der Waals surface area contributed by atoms with E-state index in [1.54, 1.807) is 0 Å². The largest absolute Gasteiger partial charge is 0.328 e. The summed E-state index contributed by atoms with van der Waals surface area (Å²) >= 11 is 0. The van der Waals surface area contributed by atoms with Crippen LogP contribution in [0.3, 0.4) is 0 Å². The van der Waals surface area contributed by atoms with E-state index in [0.29, 0.717) is 12.6 Å². The van der Waals surface area contributed by atoms with Gasteiger partial charge in [-0.2, -0.15) is 5.11 Å². The summed E-state index contributed by atoms with van der Waals surface area (Å²) < 4.78 is 9.01. The molecule has 5 nitrogen and oxygen atoms in total. The average molecular weight is 175 g/mol. The van der Waals surface area contributed by atoms with Gasteiger partial charge in [-0.1, -0.05) is 0 Å². The van der Waals surface area contributed by atoms with E-state index >= 15 is 0 Å². The highest BCUT2D eigenvalue weighted by atomic mass is 16.8. The van der Waals surface area contributed by atoms with E-state index in [4.69, 9.17) is 0 Å². The van der Waals surface area contributed by atoms with Crippen molar-refractivity contribution in [1.29, 1.82) is 0 Å². The van der Waals surface area contributed by atoms with Gasteiger partial charge in [-0.3, -0.25) is 0 Å². The van der Waals surface area contributed by atoms with Crippen LogP contribution in [0.2, 0.25) is 0 Å². The molecule has 0 aliphatic heterocycles. The summed E-state index contributed by atoms with van der Waals surface area (Å²) in [4.78, 5) is 19.6. The SMILES string of the molecule is [O]C(OCCC=O)OCCC=O. The van der Waals surface area contributed by atoms with E-state index in [2.05, 4.69) is 9.47 Å². The van der Waals surface area contributed by atoms with E-state index in [1.165, 1.54) is 0 Å².